The van der Waals surface area contributed by atoms with E-state index < -0.39 is 0 Å². The van der Waals surface area contributed by atoms with Gasteiger partial charge in [0.25, 0.3) is 5.91 Å². The fourth-order valence-electron chi connectivity index (χ4n) is 1.72. The van der Waals surface area contributed by atoms with E-state index in [1.54, 1.807) is 12.3 Å². The molecule has 0 aromatic heterocycles. The molecule has 1 unspecified atom stereocenters. The number of nitrogens with zero attached hydrogens (tertiary/aromatic N) is 1. The van der Waals surface area contributed by atoms with Gasteiger partial charge in [-0.15, -0.1) is 0 Å². The van der Waals surface area contributed by atoms with Gasteiger partial charge in [-0.3, -0.25) is 15.2 Å². The third kappa shape index (κ3) is 2.04. The highest BCUT2D eigenvalue weighted by Gasteiger charge is 2.19. The zero-order chi connectivity index (χ0) is 11.5. The topological polar surface area (TPSA) is 79.5 Å². The van der Waals surface area contributed by atoms with Crippen LogP contribution >= 0.6 is 0 Å². The molecule has 0 radical (unpaired) electrons. The van der Waals surface area contributed by atoms with Crippen molar-refractivity contribution in [1.82, 2.24) is 10.7 Å². The number of aliphatic imine (C=N–C) groups is 1. The van der Waals surface area contributed by atoms with Crippen LogP contribution in [0.25, 0.3) is 0 Å². The highest BCUT2D eigenvalue weighted by Crippen LogP contribution is 2.15. The van der Waals surface area contributed by atoms with Crippen LogP contribution in [0.15, 0.2) is 40.7 Å². The van der Waals surface area contributed by atoms with Crippen LogP contribution in [-0.2, 0) is 4.79 Å². The molecular formula is C11H14N4O. The zero-order valence-electron chi connectivity index (χ0n) is 9.03. The van der Waals surface area contributed by atoms with Crippen LogP contribution in [0.1, 0.15) is 13.3 Å². The van der Waals surface area contributed by atoms with Gasteiger partial charge in [-0.2, -0.15) is 0 Å². The van der Waals surface area contributed by atoms with Gasteiger partial charge in [0.2, 0.25) is 0 Å². The highest BCUT2D eigenvalue weighted by molar-refractivity contribution is 6.00. The summed E-state index contributed by atoms with van der Waals surface area (Å²) < 4.78 is 0. The first kappa shape index (κ1) is 10.6. The number of dihydropyridines is 1. The number of carbonyl (C=O) groups excluding carboxylic acids is 1. The van der Waals surface area contributed by atoms with Crippen molar-refractivity contribution in [2.75, 3.05) is 0 Å². The molecular weight excluding hydrogens is 204 g/mol. The smallest absolute Gasteiger partial charge is 0.264 e. The van der Waals surface area contributed by atoms with Crippen molar-refractivity contribution < 1.29 is 4.79 Å². The Morgan fingerprint density at radius 2 is 2.50 bits per heavy atom. The minimum Gasteiger partial charge on any atom is -0.379 e. The third-order valence-corrected chi connectivity index (χ3v) is 2.56. The number of rotatable bonds is 2. The van der Waals surface area contributed by atoms with E-state index in [9.17, 15) is 4.79 Å². The maximum absolute atomic E-state index is 11.4. The summed E-state index contributed by atoms with van der Waals surface area (Å²) in [6.07, 6.45) is 8.14. The molecule has 2 aliphatic heterocycles. The van der Waals surface area contributed by atoms with Crippen LogP contribution < -0.4 is 16.6 Å². The number of hydrazine groups is 1. The van der Waals surface area contributed by atoms with Gasteiger partial charge >= 0.3 is 0 Å². The van der Waals surface area contributed by atoms with Crippen LogP contribution in [-0.4, -0.2) is 17.7 Å². The molecule has 0 spiro atoms. The lowest BCUT2D eigenvalue weighted by Gasteiger charge is -2.18. The van der Waals surface area contributed by atoms with Crippen LogP contribution in [0, 0.1) is 0 Å². The van der Waals surface area contributed by atoms with Crippen LogP contribution in [0.2, 0.25) is 0 Å². The van der Waals surface area contributed by atoms with Crippen LogP contribution in [0.4, 0.5) is 0 Å². The minimum absolute atomic E-state index is 0.0222. The normalized spacial score (nSPS) is 23.1. The summed E-state index contributed by atoms with van der Waals surface area (Å²) in [4.78, 5) is 15.8. The molecule has 1 amide bonds. The Labute approximate surface area is 93.8 Å². The van der Waals surface area contributed by atoms with E-state index in [1.807, 2.05) is 13.0 Å². The average Bonchev–Trinajstić information content (AvgIpc) is 2.75. The summed E-state index contributed by atoms with van der Waals surface area (Å²) in [7, 11) is 0. The Hall–Kier alpha value is -1.88. The lowest BCUT2D eigenvalue weighted by atomic mass is 10.0. The van der Waals surface area contributed by atoms with Gasteiger partial charge in [-0.1, -0.05) is 6.08 Å². The number of carbonyl (C=O) groups is 1. The lowest BCUT2D eigenvalue weighted by Crippen LogP contribution is -2.37. The number of allylic oxidation sites excluding steroid dienone is 2. The third-order valence-electron chi connectivity index (χ3n) is 2.56. The number of nitrogens with one attached hydrogen (secondary N) is 2. The van der Waals surface area contributed by atoms with E-state index in [2.05, 4.69) is 21.8 Å². The second kappa shape index (κ2) is 4.32. The molecule has 0 aromatic carbocycles. The number of amides is 1. The van der Waals surface area contributed by atoms with Crippen molar-refractivity contribution in [3.8, 4) is 0 Å². The molecule has 2 aliphatic rings. The molecule has 5 heteroatoms. The Morgan fingerprint density at radius 3 is 3.12 bits per heavy atom. The summed E-state index contributed by atoms with van der Waals surface area (Å²) in [6, 6.07) is -0.0222. The molecule has 0 aliphatic carbocycles. The average molecular weight is 218 g/mol. The fraction of sp³-hybridized carbons (Fsp3) is 0.273. The second-order valence-corrected chi connectivity index (χ2v) is 3.73. The molecule has 0 saturated heterocycles. The van der Waals surface area contributed by atoms with Crippen LogP contribution in [0.3, 0.4) is 0 Å². The Bertz CT molecular complexity index is 431. The van der Waals surface area contributed by atoms with Gasteiger partial charge in [0, 0.05) is 23.4 Å². The molecule has 5 nitrogen and oxygen atoms in total. The predicted octanol–water partition coefficient (Wildman–Crippen LogP) is 0.137. The molecule has 4 N–H and O–H groups in total. The quantitative estimate of drug-likeness (QED) is 0.350. The van der Waals surface area contributed by atoms with E-state index >= 15 is 0 Å². The maximum Gasteiger partial charge on any atom is 0.264 e. The Balaban J connectivity index is 2.14. The van der Waals surface area contributed by atoms with Gasteiger partial charge in [0.1, 0.15) is 0 Å². The standard InChI is InChI=1S/C11H14N4O/c1-7-2-3-9(14-7)10-6-8(4-5-13-10)11(16)15-12/h2,4-6,10,13H,3,12H2,1H3,(H,15,16). The molecule has 16 heavy (non-hydrogen) atoms. The lowest BCUT2D eigenvalue weighted by molar-refractivity contribution is -0.117. The van der Waals surface area contributed by atoms with E-state index in [1.165, 1.54) is 0 Å². The van der Waals surface area contributed by atoms with Crippen molar-refractivity contribution in [3.05, 3.63) is 35.7 Å². The van der Waals surface area contributed by atoms with E-state index in [0.29, 0.717) is 5.57 Å². The summed E-state index contributed by atoms with van der Waals surface area (Å²) in [6.45, 7) is 1.96. The maximum atomic E-state index is 11.4. The predicted molar refractivity (Wildman–Crippen MR) is 62.3 cm³/mol. The molecule has 84 valence electrons. The number of hydrogen-bond donors (Lipinski definition) is 3. The number of hydrogen-bond acceptors (Lipinski definition) is 4. The van der Waals surface area contributed by atoms with Crippen LogP contribution in [0.5, 0.6) is 0 Å². The molecule has 0 bridgehead atoms. The minimum atomic E-state index is -0.286. The SMILES string of the molecule is CC1=CCC(C2C=C(C(=O)NN)C=CN2)=N1. The summed E-state index contributed by atoms with van der Waals surface area (Å²) in [5.41, 5.74) is 4.71. The van der Waals surface area contributed by atoms with E-state index in [-0.39, 0.29) is 11.9 Å². The second-order valence-electron chi connectivity index (χ2n) is 3.73. The van der Waals surface area contributed by atoms with Gasteiger partial charge in [0.15, 0.2) is 0 Å². The van der Waals surface area contributed by atoms with Crippen molar-refractivity contribution in [3.63, 3.8) is 0 Å². The van der Waals surface area contributed by atoms with Crippen molar-refractivity contribution >= 4 is 11.6 Å². The first-order valence-electron chi connectivity index (χ1n) is 5.10. The molecule has 2 rings (SSSR count). The van der Waals surface area contributed by atoms with Crippen molar-refractivity contribution in [2.45, 2.75) is 19.4 Å². The largest absolute Gasteiger partial charge is 0.379 e. The van der Waals surface area contributed by atoms with Gasteiger partial charge < -0.3 is 5.32 Å². The summed E-state index contributed by atoms with van der Waals surface area (Å²) in [5, 5.41) is 3.15. The summed E-state index contributed by atoms with van der Waals surface area (Å²) in [5.74, 6) is 4.80. The van der Waals surface area contributed by atoms with E-state index in [4.69, 9.17) is 5.84 Å². The monoisotopic (exact) mass is 218 g/mol. The Morgan fingerprint density at radius 1 is 1.69 bits per heavy atom. The molecule has 0 saturated carbocycles. The first-order valence-corrected chi connectivity index (χ1v) is 5.10. The molecule has 2 heterocycles. The van der Waals surface area contributed by atoms with Crippen molar-refractivity contribution in [2.24, 2.45) is 10.8 Å². The zero-order valence-corrected chi connectivity index (χ0v) is 9.03. The number of nitrogens with two attached hydrogens (primary N) is 1. The van der Waals surface area contributed by atoms with E-state index in [0.717, 1.165) is 17.8 Å². The van der Waals surface area contributed by atoms with Crippen molar-refractivity contribution in [1.29, 1.82) is 0 Å². The summed E-state index contributed by atoms with van der Waals surface area (Å²) >= 11 is 0. The molecule has 0 aromatic rings. The van der Waals surface area contributed by atoms with Gasteiger partial charge in [-0.05, 0) is 25.3 Å². The fourth-order valence-corrected chi connectivity index (χ4v) is 1.72. The van der Waals surface area contributed by atoms with Gasteiger partial charge in [0.05, 0.1) is 6.04 Å². The molecule has 0 fully saturated rings. The highest BCUT2D eigenvalue weighted by atomic mass is 16.2. The first-order chi connectivity index (χ1) is 7.70. The Kier molecular flexibility index (Phi) is 2.87. The molecule has 1 atom stereocenters. The van der Waals surface area contributed by atoms with Gasteiger partial charge in [-0.25, -0.2) is 5.84 Å².